The molecule has 0 radical (unpaired) electrons. The fraction of sp³-hybridized carbons (Fsp3) is 0.412. The van der Waals surface area contributed by atoms with E-state index in [9.17, 15) is 5.11 Å². The van der Waals surface area contributed by atoms with Crippen LogP contribution in [0.25, 0.3) is 21.9 Å². The predicted octanol–water partition coefficient (Wildman–Crippen LogP) is 2.93. The van der Waals surface area contributed by atoms with Crippen LogP contribution in [0.1, 0.15) is 26.8 Å². The average Bonchev–Trinajstić information content (AvgIpc) is 2.90. The van der Waals surface area contributed by atoms with Crippen LogP contribution in [0.2, 0.25) is 0 Å². The Morgan fingerprint density at radius 3 is 2.73 bits per heavy atom. The van der Waals surface area contributed by atoms with Crippen molar-refractivity contribution in [3.05, 3.63) is 36.8 Å². The van der Waals surface area contributed by atoms with Crippen molar-refractivity contribution < 1.29 is 9.84 Å². The topological polar surface area (TPSA) is 60.2 Å². The highest BCUT2D eigenvalue weighted by Crippen LogP contribution is 2.30. The van der Waals surface area contributed by atoms with Crippen molar-refractivity contribution in [2.75, 3.05) is 13.2 Å². The second kappa shape index (κ2) is 5.66. The van der Waals surface area contributed by atoms with E-state index in [0.717, 1.165) is 21.9 Å². The van der Waals surface area contributed by atoms with Gasteiger partial charge in [0.25, 0.3) is 0 Å². The number of hydrogen-bond acceptors (Lipinski definition) is 4. The van der Waals surface area contributed by atoms with Gasteiger partial charge in [-0.25, -0.2) is 4.98 Å². The lowest BCUT2D eigenvalue weighted by Gasteiger charge is -2.30. The van der Waals surface area contributed by atoms with Crippen LogP contribution in [0.15, 0.2) is 36.8 Å². The molecule has 116 valence electrons. The number of fused-ring (bicyclic) bond motifs is 3. The maximum Gasteiger partial charge on any atom is 0.107 e. The minimum Gasteiger partial charge on any atom is -0.388 e. The summed E-state index contributed by atoms with van der Waals surface area (Å²) in [5.41, 5.74) is 1.80. The molecule has 22 heavy (non-hydrogen) atoms. The fourth-order valence-electron chi connectivity index (χ4n) is 2.75. The van der Waals surface area contributed by atoms with Gasteiger partial charge in [-0.3, -0.25) is 4.98 Å². The van der Waals surface area contributed by atoms with Gasteiger partial charge >= 0.3 is 0 Å². The Morgan fingerprint density at radius 2 is 2.00 bits per heavy atom. The van der Waals surface area contributed by atoms with Crippen molar-refractivity contribution in [1.29, 1.82) is 0 Å². The third kappa shape index (κ3) is 2.58. The second-order valence-corrected chi connectivity index (χ2v) is 5.99. The van der Waals surface area contributed by atoms with E-state index in [4.69, 9.17) is 4.74 Å². The molecular weight excluding hydrogens is 278 g/mol. The van der Waals surface area contributed by atoms with Gasteiger partial charge in [0.05, 0.1) is 41.8 Å². The van der Waals surface area contributed by atoms with Crippen LogP contribution in [0.4, 0.5) is 0 Å². The molecule has 0 spiro atoms. The van der Waals surface area contributed by atoms with Crippen LogP contribution >= 0.6 is 0 Å². The third-order valence-electron chi connectivity index (χ3n) is 3.94. The lowest BCUT2D eigenvalue weighted by atomic mass is 9.99. The third-order valence-corrected chi connectivity index (χ3v) is 3.94. The number of ether oxygens (including phenoxy) is 1. The molecule has 0 saturated heterocycles. The molecule has 2 heterocycles. The minimum atomic E-state index is -0.923. The van der Waals surface area contributed by atoms with Crippen LogP contribution < -0.4 is 0 Å². The van der Waals surface area contributed by atoms with Crippen molar-refractivity contribution in [3.8, 4) is 0 Å². The molecule has 3 aromatic rings. The number of imidazole rings is 1. The van der Waals surface area contributed by atoms with E-state index in [1.165, 1.54) is 0 Å². The van der Waals surface area contributed by atoms with Crippen LogP contribution in [0.5, 0.6) is 0 Å². The quantitative estimate of drug-likeness (QED) is 0.787. The predicted molar refractivity (Wildman–Crippen MR) is 86.9 cm³/mol. The molecule has 0 bridgehead atoms. The zero-order valence-electron chi connectivity index (χ0n) is 13.2. The second-order valence-electron chi connectivity index (χ2n) is 5.99. The monoisotopic (exact) mass is 299 g/mol. The van der Waals surface area contributed by atoms with Gasteiger partial charge in [-0.1, -0.05) is 18.2 Å². The summed E-state index contributed by atoms with van der Waals surface area (Å²) < 4.78 is 7.59. The summed E-state index contributed by atoms with van der Waals surface area (Å²) in [6, 6.07) is 7.75. The lowest BCUT2D eigenvalue weighted by Crippen LogP contribution is -2.36. The number of aliphatic hydroxyl groups is 1. The molecule has 2 aromatic heterocycles. The van der Waals surface area contributed by atoms with Gasteiger partial charge in [0, 0.05) is 12.0 Å². The van der Waals surface area contributed by atoms with E-state index in [0.29, 0.717) is 13.2 Å². The Labute approximate surface area is 129 Å². The van der Waals surface area contributed by atoms with Gasteiger partial charge in [0.1, 0.15) is 5.52 Å². The molecule has 1 aromatic carbocycles. The summed E-state index contributed by atoms with van der Waals surface area (Å²) in [5.74, 6) is 0. The standard InChI is InChI=1S/C17H21N3O2/c1-4-22-10-15(17(2,3)21)20-11-19-14-9-18-13-8-6-5-7-12(13)16(14)20/h5-9,11,15,21H,4,10H2,1-3H3/t15-/m1/s1. The molecule has 0 aliphatic carbocycles. The molecule has 0 fully saturated rings. The van der Waals surface area contributed by atoms with Crippen molar-refractivity contribution >= 4 is 21.9 Å². The first-order valence-electron chi connectivity index (χ1n) is 7.52. The van der Waals surface area contributed by atoms with Gasteiger partial charge in [-0.2, -0.15) is 0 Å². The molecule has 1 N–H and O–H groups in total. The van der Waals surface area contributed by atoms with E-state index in [2.05, 4.69) is 9.97 Å². The van der Waals surface area contributed by atoms with Crippen molar-refractivity contribution in [2.45, 2.75) is 32.4 Å². The zero-order valence-corrected chi connectivity index (χ0v) is 13.2. The lowest BCUT2D eigenvalue weighted by molar-refractivity contribution is -0.0181. The van der Waals surface area contributed by atoms with Crippen LogP contribution in [-0.2, 0) is 4.74 Å². The number of pyridine rings is 1. The number of nitrogens with zero attached hydrogens (tertiary/aromatic N) is 3. The Kier molecular flexibility index (Phi) is 3.85. The van der Waals surface area contributed by atoms with E-state index < -0.39 is 5.60 Å². The zero-order chi connectivity index (χ0) is 15.7. The molecule has 0 unspecified atom stereocenters. The maximum absolute atomic E-state index is 10.6. The number of para-hydroxylation sites is 1. The van der Waals surface area contributed by atoms with Gasteiger partial charge in [0.15, 0.2) is 0 Å². The van der Waals surface area contributed by atoms with E-state index in [1.807, 2.05) is 35.8 Å². The van der Waals surface area contributed by atoms with Crippen molar-refractivity contribution in [1.82, 2.24) is 14.5 Å². The molecule has 3 rings (SSSR count). The normalized spacial score (nSPS) is 13.8. The minimum absolute atomic E-state index is 0.219. The van der Waals surface area contributed by atoms with Gasteiger partial charge in [0.2, 0.25) is 0 Å². The molecule has 1 atom stereocenters. The Balaban J connectivity index is 2.22. The fourth-order valence-corrected chi connectivity index (χ4v) is 2.75. The summed E-state index contributed by atoms with van der Waals surface area (Å²) in [6.45, 7) is 6.59. The first-order chi connectivity index (χ1) is 10.5. The maximum atomic E-state index is 10.6. The van der Waals surface area contributed by atoms with Crippen LogP contribution in [0.3, 0.4) is 0 Å². The summed E-state index contributed by atoms with van der Waals surface area (Å²) in [4.78, 5) is 8.88. The van der Waals surface area contributed by atoms with E-state index in [1.54, 1.807) is 26.4 Å². The molecule has 0 aliphatic rings. The van der Waals surface area contributed by atoms with Gasteiger partial charge in [-0.05, 0) is 26.8 Å². The van der Waals surface area contributed by atoms with Crippen molar-refractivity contribution in [2.24, 2.45) is 0 Å². The van der Waals surface area contributed by atoms with E-state index >= 15 is 0 Å². The Bertz CT molecular complexity index is 789. The van der Waals surface area contributed by atoms with Crippen LogP contribution in [0, 0.1) is 0 Å². The number of benzene rings is 1. The van der Waals surface area contributed by atoms with E-state index in [-0.39, 0.29) is 6.04 Å². The molecule has 0 amide bonds. The highest BCUT2D eigenvalue weighted by atomic mass is 16.5. The number of rotatable bonds is 5. The molecule has 5 nitrogen and oxygen atoms in total. The number of aromatic nitrogens is 3. The first kappa shape index (κ1) is 14.9. The summed E-state index contributed by atoms with van der Waals surface area (Å²) in [6.07, 6.45) is 3.54. The number of hydrogen-bond donors (Lipinski definition) is 1. The first-order valence-corrected chi connectivity index (χ1v) is 7.52. The summed E-state index contributed by atoms with van der Waals surface area (Å²) in [7, 11) is 0. The summed E-state index contributed by atoms with van der Waals surface area (Å²) >= 11 is 0. The van der Waals surface area contributed by atoms with Crippen molar-refractivity contribution in [3.63, 3.8) is 0 Å². The Morgan fingerprint density at radius 1 is 1.23 bits per heavy atom. The Hall–Kier alpha value is -1.98. The van der Waals surface area contributed by atoms with Gasteiger partial charge < -0.3 is 14.4 Å². The molecular formula is C17H21N3O2. The SMILES string of the molecule is CCOC[C@@H](n1cnc2cnc3ccccc3c21)C(C)(C)O. The largest absolute Gasteiger partial charge is 0.388 e. The molecule has 0 aliphatic heterocycles. The van der Waals surface area contributed by atoms with Crippen LogP contribution in [-0.4, -0.2) is 38.5 Å². The smallest absolute Gasteiger partial charge is 0.107 e. The average molecular weight is 299 g/mol. The highest BCUT2D eigenvalue weighted by Gasteiger charge is 2.30. The van der Waals surface area contributed by atoms with Gasteiger partial charge in [-0.15, -0.1) is 0 Å². The summed E-state index contributed by atoms with van der Waals surface area (Å²) in [5, 5.41) is 11.6. The molecule has 5 heteroatoms. The highest BCUT2D eigenvalue weighted by molar-refractivity contribution is 6.02. The molecule has 0 saturated carbocycles.